The number of carbonyl (C=O) groups is 1. The van der Waals surface area contributed by atoms with Gasteiger partial charge < -0.3 is 14.8 Å². The van der Waals surface area contributed by atoms with Gasteiger partial charge in [0.1, 0.15) is 18.1 Å². The highest BCUT2D eigenvalue weighted by molar-refractivity contribution is 5.94. The normalized spacial score (nSPS) is 11.4. The van der Waals surface area contributed by atoms with Crippen molar-refractivity contribution in [2.24, 2.45) is 0 Å². The number of benzene rings is 2. The Balaban J connectivity index is 1.89. The molecule has 0 aromatic heterocycles. The zero-order valence-corrected chi connectivity index (χ0v) is 13.4. The number of rotatable bonds is 7. The van der Waals surface area contributed by atoms with Gasteiger partial charge in [-0.15, -0.1) is 0 Å². The van der Waals surface area contributed by atoms with Crippen LogP contribution >= 0.6 is 0 Å². The van der Waals surface area contributed by atoms with Crippen LogP contribution in [0.15, 0.2) is 61.2 Å². The third-order valence-electron chi connectivity index (χ3n) is 3.19. The lowest BCUT2D eigenvalue weighted by Gasteiger charge is -2.15. The Morgan fingerprint density at radius 2 is 1.74 bits per heavy atom. The number of amides is 1. The molecule has 2 aromatic rings. The molecular formula is C19H21NO3. The van der Waals surface area contributed by atoms with E-state index in [0.29, 0.717) is 18.0 Å². The smallest absolute Gasteiger partial charge is 0.265 e. The van der Waals surface area contributed by atoms with Gasteiger partial charge in [0.15, 0.2) is 6.10 Å². The van der Waals surface area contributed by atoms with Crippen LogP contribution in [0, 0.1) is 6.92 Å². The van der Waals surface area contributed by atoms with Crippen molar-refractivity contribution >= 4 is 11.6 Å². The van der Waals surface area contributed by atoms with E-state index in [1.54, 1.807) is 37.3 Å². The summed E-state index contributed by atoms with van der Waals surface area (Å²) in [6, 6.07) is 14.8. The summed E-state index contributed by atoms with van der Waals surface area (Å²) in [5, 5.41) is 2.82. The number of anilines is 1. The van der Waals surface area contributed by atoms with Crippen LogP contribution in [-0.2, 0) is 4.79 Å². The third-order valence-corrected chi connectivity index (χ3v) is 3.19. The third kappa shape index (κ3) is 5.18. The first-order valence-corrected chi connectivity index (χ1v) is 7.46. The predicted octanol–water partition coefficient (Wildman–Crippen LogP) is 3.97. The lowest BCUT2D eigenvalue weighted by Crippen LogP contribution is -2.30. The lowest BCUT2D eigenvalue weighted by atomic mass is 10.2. The minimum absolute atomic E-state index is 0.203. The Labute approximate surface area is 136 Å². The molecule has 4 heteroatoms. The average Bonchev–Trinajstić information content (AvgIpc) is 2.56. The van der Waals surface area contributed by atoms with E-state index in [2.05, 4.69) is 11.9 Å². The summed E-state index contributed by atoms with van der Waals surface area (Å²) in [4.78, 5) is 12.2. The molecule has 0 saturated heterocycles. The summed E-state index contributed by atoms with van der Waals surface area (Å²) in [6.07, 6.45) is 1.09. The highest BCUT2D eigenvalue weighted by Gasteiger charge is 2.14. The van der Waals surface area contributed by atoms with Crippen LogP contribution in [0.3, 0.4) is 0 Å². The summed E-state index contributed by atoms with van der Waals surface area (Å²) in [6.45, 7) is 7.77. The molecule has 0 radical (unpaired) electrons. The van der Waals surface area contributed by atoms with E-state index in [1.807, 2.05) is 31.2 Å². The van der Waals surface area contributed by atoms with Crippen LogP contribution in [0.5, 0.6) is 11.5 Å². The summed E-state index contributed by atoms with van der Waals surface area (Å²) in [7, 11) is 0. The van der Waals surface area contributed by atoms with Gasteiger partial charge in [-0.1, -0.05) is 30.4 Å². The van der Waals surface area contributed by atoms with E-state index < -0.39 is 6.10 Å². The van der Waals surface area contributed by atoms with Gasteiger partial charge in [-0.05, 0) is 50.2 Å². The highest BCUT2D eigenvalue weighted by Crippen LogP contribution is 2.17. The summed E-state index contributed by atoms with van der Waals surface area (Å²) < 4.78 is 11.0. The number of hydrogen-bond acceptors (Lipinski definition) is 3. The lowest BCUT2D eigenvalue weighted by molar-refractivity contribution is -0.122. The van der Waals surface area contributed by atoms with E-state index in [4.69, 9.17) is 9.47 Å². The Kier molecular flexibility index (Phi) is 5.80. The predicted molar refractivity (Wildman–Crippen MR) is 92.0 cm³/mol. The molecule has 1 amide bonds. The molecule has 120 valence electrons. The first kappa shape index (κ1) is 16.6. The molecule has 0 spiro atoms. The van der Waals surface area contributed by atoms with Crippen LogP contribution < -0.4 is 14.8 Å². The number of hydrogen-bond donors (Lipinski definition) is 1. The van der Waals surface area contributed by atoms with Gasteiger partial charge >= 0.3 is 0 Å². The molecule has 0 unspecified atom stereocenters. The fourth-order valence-electron chi connectivity index (χ4n) is 1.91. The van der Waals surface area contributed by atoms with Gasteiger partial charge in [0.05, 0.1) is 0 Å². The second-order valence-corrected chi connectivity index (χ2v) is 5.19. The molecule has 0 bridgehead atoms. The van der Waals surface area contributed by atoms with E-state index in [1.165, 1.54) is 0 Å². The quantitative estimate of drug-likeness (QED) is 0.787. The SMILES string of the molecule is C=CCOc1ccc(NC(=O)[C@H](C)Oc2ccc(C)cc2)cc1. The molecule has 1 atom stereocenters. The molecule has 0 fully saturated rings. The van der Waals surface area contributed by atoms with Gasteiger partial charge in [0.2, 0.25) is 0 Å². The van der Waals surface area contributed by atoms with Crippen molar-refractivity contribution in [2.75, 3.05) is 11.9 Å². The van der Waals surface area contributed by atoms with Crippen LogP contribution in [0.2, 0.25) is 0 Å². The maximum atomic E-state index is 12.2. The number of nitrogens with one attached hydrogen (secondary N) is 1. The Bertz CT molecular complexity index is 647. The fourth-order valence-corrected chi connectivity index (χ4v) is 1.91. The summed E-state index contributed by atoms with van der Waals surface area (Å²) in [5.74, 6) is 1.20. The monoisotopic (exact) mass is 311 g/mol. The zero-order chi connectivity index (χ0) is 16.7. The van der Waals surface area contributed by atoms with Crippen molar-refractivity contribution in [3.8, 4) is 11.5 Å². The molecule has 0 aliphatic carbocycles. The molecule has 23 heavy (non-hydrogen) atoms. The van der Waals surface area contributed by atoms with Gasteiger partial charge in [-0.25, -0.2) is 0 Å². The topological polar surface area (TPSA) is 47.6 Å². The molecule has 0 aliphatic heterocycles. The maximum absolute atomic E-state index is 12.2. The molecule has 4 nitrogen and oxygen atoms in total. The van der Waals surface area contributed by atoms with E-state index in [-0.39, 0.29) is 5.91 Å². The molecule has 1 N–H and O–H groups in total. The van der Waals surface area contributed by atoms with Gasteiger partial charge in [0.25, 0.3) is 5.91 Å². The van der Waals surface area contributed by atoms with Crippen molar-refractivity contribution in [3.05, 3.63) is 66.7 Å². The largest absolute Gasteiger partial charge is 0.490 e. The van der Waals surface area contributed by atoms with Gasteiger partial charge in [-0.3, -0.25) is 4.79 Å². The Hall–Kier alpha value is -2.75. The molecule has 2 rings (SSSR count). The van der Waals surface area contributed by atoms with E-state index in [0.717, 1.165) is 11.3 Å². The first-order chi connectivity index (χ1) is 11.1. The molecule has 0 aliphatic rings. The first-order valence-electron chi connectivity index (χ1n) is 7.46. The highest BCUT2D eigenvalue weighted by atomic mass is 16.5. The average molecular weight is 311 g/mol. The standard InChI is InChI=1S/C19H21NO3/c1-4-13-22-17-11-7-16(8-12-17)20-19(21)15(3)23-18-9-5-14(2)6-10-18/h4-12,15H,1,13H2,2-3H3,(H,20,21)/t15-/m0/s1. The second-order valence-electron chi connectivity index (χ2n) is 5.19. The van der Waals surface area contributed by atoms with Crippen molar-refractivity contribution in [1.82, 2.24) is 0 Å². The Morgan fingerprint density at radius 1 is 1.13 bits per heavy atom. The van der Waals surface area contributed by atoms with E-state index >= 15 is 0 Å². The fraction of sp³-hybridized carbons (Fsp3) is 0.211. The molecular weight excluding hydrogens is 290 g/mol. The summed E-state index contributed by atoms with van der Waals surface area (Å²) in [5.41, 5.74) is 1.84. The molecule has 0 heterocycles. The Morgan fingerprint density at radius 3 is 2.35 bits per heavy atom. The van der Waals surface area contributed by atoms with Crippen LogP contribution in [0.1, 0.15) is 12.5 Å². The summed E-state index contributed by atoms with van der Waals surface area (Å²) >= 11 is 0. The van der Waals surface area contributed by atoms with Gasteiger partial charge in [0, 0.05) is 5.69 Å². The van der Waals surface area contributed by atoms with Crippen LogP contribution in [0.25, 0.3) is 0 Å². The van der Waals surface area contributed by atoms with Crippen LogP contribution in [0.4, 0.5) is 5.69 Å². The number of carbonyl (C=O) groups excluding carboxylic acids is 1. The molecule has 2 aromatic carbocycles. The van der Waals surface area contributed by atoms with Crippen molar-refractivity contribution in [1.29, 1.82) is 0 Å². The number of ether oxygens (including phenoxy) is 2. The van der Waals surface area contributed by atoms with Gasteiger partial charge in [-0.2, -0.15) is 0 Å². The van der Waals surface area contributed by atoms with Crippen LogP contribution in [-0.4, -0.2) is 18.6 Å². The van der Waals surface area contributed by atoms with Crippen molar-refractivity contribution in [3.63, 3.8) is 0 Å². The minimum atomic E-state index is -0.589. The minimum Gasteiger partial charge on any atom is -0.490 e. The second kappa shape index (κ2) is 8.03. The zero-order valence-electron chi connectivity index (χ0n) is 13.4. The van der Waals surface area contributed by atoms with Crippen molar-refractivity contribution in [2.45, 2.75) is 20.0 Å². The maximum Gasteiger partial charge on any atom is 0.265 e. The van der Waals surface area contributed by atoms with E-state index in [9.17, 15) is 4.79 Å². The number of aryl methyl sites for hydroxylation is 1. The van der Waals surface area contributed by atoms with Crippen molar-refractivity contribution < 1.29 is 14.3 Å². The molecule has 0 saturated carbocycles.